The van der Waals surface area contributed by atoms with Crippen LogP contribution in [0.25, 0.3) is 0 Å². The molecule has 20 heavy (non-hydrogen) atoms. The van der Waals surface area contributed by atoms with Crippen molar-refractivity contribution in [2.45, 2.75) is 24.3 Å². The highest BCUT2D eigenvalue weighted by Gasteiger charge is 2.21. The van der Waals surface area contributed by atoms with Gasteiger partial charge in [-0.05, 0) is 54.8 Å². The van der Waals surface area contributed by atoms with Crippen LogP contribution in [-0.4, -0.2) is 5.75 Å². The molecule has 1 unspecified atom stereocenters. The molecule has 1 N–H and O–H groups in total. The van der Waals surface area contributed by atoms with Crippen molar-refractivity contribution in [3.8, 4) is 0 Å². The number of aryl methyl sites for hydroxylation is 1. The fraction of sp³-hybridized carbons (Fsp3) is 0.250. The zero-order valence-corrected chi connectivity index (χ0v) is 12.7. The first-order valence-corrected chi connectivity index (χ1v) is 7.95. The second kappa shape index (κ2) is 5.66. The van der Waals surface area contributed by atoms with E-state index in [2.05, 4.69) is 11.4 Å². The number of benzene rings is 2. The standard InChI is InChI=1S/C16H15ClFNS/c1-10-2-4-12(9-14(10)18)19-15-6-7-20-16-5-3-11(17)8-13(15)16/h2-5,8-9,15,19H,6-7H2,1H3. The topological polar surface area (TPSA) is 12.0 Å². The van der Waals surface area contributed by atoms with Crippen LogP contribution in [0.2, 0.25) is 5.02 Å². The second-order valence-corrected chi connectivity index (χ2v) is 6.55. The van der Waals surface area contributed by atoms with E-state index in [1.807, 2.05) is 30.0 Å². The highest BCUT2D eigenvalue weighted by Crippen LogP contribution is 2.39. The molecule has 0 bridgehead atoms. The molecule has 4 heteroatoms. The van der Waals surface area contributed by atoms with E-state index in [4.69, 9.17) is 11.6 Å². The van der Waals surface area contributed by atoms with Crippen molar-refractivity contribution in [2.75, 3.05) is 11.1 Å². The van der Waals surface area contributed by atoms with Gasteiger partial charge in [-0.2, -0.15) is 0 Å². The summed E-state index contributed by atoms with van der Waals surface area (Å²) in [6.45, 7) is 1.77. The molecule has 104 valence electrons. The average molecular weight is 308 g/mol. The number of rotatable bonds is 2. The number of hydrogen-bond donors (Lipinski definition) is 1. The maximum atomic E-state index is 13.6. The Morgan fingerprint density at radius 1 is 1.25 bits per heavy atom. The van der Waals surface area contributed by atoms with Gasteiger partial charge in [0.1, 0.15) is 5.82 Å². The van der Waals surface area contributed by atoms with Gasteiger partial charge in [0, 0.05) is 21.4 Å². The zero-order valence-electron chi connectivity index (χ0n) is 11.1. The predicted molar refractivity (Wildman–Crippen MR) is 84.3 cm³/mol. The van der Waals surface area contributed by atoms with Crippen LogP contribution in [0.3, 0.4) is 0 Å². The Morgan fingerprint density at radius 3 is 2.90 bits per heavy atom. The molecule has 0 fully saturated rings. The van der Waals surface area contributed by atoms with E-state index in [1.165, 1.54) is 10.5 Å². The molecule has 1 heterocycles. The Morgan fingerprint density at radius 2 is 2.10 bits per heavy atom. The van der Waals surface area contributed by atoms with Gasteiger partial charge in [0.15, 0.2) is 0 Å². The Bertz CT molecular complexity index is 644. The quantitative estimate of drug-likeness (QED) is 0.793. The maximum Gasteiger partial charge on any atom is 0.128 e. The molecule has 0 saturated heterocycles. The zero-order chi connectivity index (χ0) is 14.1. The van der Waals surface area contributed by atoms with Crippen molar-refractivity contribution in [1.82, 2.24) is 0 Å². The minimum atomic E-state index is -0.175. The highest BCUT2D eigenvalue weighted by molar-refractivity contribution is 7.99. The molecule has 0 radical (unpaired) electrons. The van der Waals surface area contributed by atoms with Crippen molar-refractivity contribution < 1.29 is 4.39 Å². The number of anilines is 1. The summed E-state index contributed by atoms with van der Waals surface area (Å²) in [5, 5.41) is 4.16. The van der Waals surface area contributed by atoms with Crippen LogP contribution in [0.5, 0.6) is 0 Å². The molecule has 1 aliphatic rings. The smallest absolute Gasteiger partial charge is 0.128 e. The molecule has 2 aromatic carbocycles. The fourth-order valence-corrected chi connectivity index (χ4v) is 3.69. The molecular formula is C16H15ClFNS. The van der Waals surface area contributed by atoms with E-state index in [0.717, 1.165) is 22.9 Å². The number of nitrogens with one attached hydrogen (secondary N) is 1. The number of hydrogen-bond acceptors (Lipinski definition) is 2. The third-order valence-electron chi connectivity index (χ3n) is 3.52. The minimum absolute atomic E-state index is 0.175. The van der Waals surface area contributed by atoms with E-state index in [1.54, 1.807) is 19.1 Å². The van der Waals surface area contributed by atoms with Crippen molar-refractivity contribution >= 4 is 29.1 Å². The lowest BCUT2D eigenvalue weighted by atomic mass is 10.0. The van der Waals surface area contributed by atoms with Gasteiger partial charge in [-0.25, -0.2) is 4.39 Å². The molecule has 3 rings (SSSR count). The van der Waals surface area contributed by atoms with Gasteiger partial charge < -0.3 is 5.32 Å². The van der Waals surface area contributed by atoms with E-state index in [9.17, 15) is 4.39 Å². The van der Waals surface area contributed by atoms with E-state index >= 15 is 0 Å². The van der Waals surface area contributed by atoms with Crippen LogP contribution in [0.15, 0.2) is 41.3 Å². The van der Waals surface area contributed by atoms with E-state index in [0.29, 0.717) is 5.56 Å². The molecule has 0 aliphatic carbocycles. The van der Waals surface area contributed by atoms with Crippen LogP contribution in [-0.2, 0) is 0 Å². The lowest BCUT2D eigenvalue weighted by molar-refractivity contribution is 0.618. The molecule has 0 amide bonds. The van der Waals surface area contributed by atoms with Gasteiger partial charge >= 0.3 is 0 Å². The summed E-state index contributed by atoms with van der Waals surface area (Å²) < 4.78 is 13.6. The first-order chi connectivity index (χ1) is 9.63. The van der Waals surface area contributed by atoms with Gasteiger partial charge in [0.2, 0.25) is 0 Å². The fourth-order valence-electron chi connectivity index (χ4n) is 2.40. The number of thioether (sulfide) groups is 1. The Labute approximate surface area is 127 Å². The molecule has 1 nitrogen and oxygen atoms in total. The van der Waals surface area contributed by atoms with Gasteiger partial charge in [-0.15, -0.1) is 11.8 Å². The Hall–Kier alpha value is -1.19. The predicted octanol–water partition coefficient (Wildman–Crippen LogP) is 5.44. The van der Waals surface area contributed by atoms with Gasteiger partial charge in [-0.3, -0.25) is 0 Å². The lowest BCUT2D eigenvalue weighted by Gasteiger charge is -2.27. The maximum absolute atomic E-state index is 13.6. The van der Waals surface area contributed by atoms with E-state index in [-0.39, 0.29) is 11.9 Å². The van der Waals surface area contributed by atoms with Crippen LogP contribution >= 0.6 is 23.4 Å². The molecule has 0 spiro atoms. The summed E-state index contributed by atoms with van der Waals surface area (Å²) in [4.78, 5) is 1.26. The first kappa shape index (κ1) is 13.8. The number of halogens is 2. The van der Waals surface area contributed by atoms with Gasteiger partial charge in [-0.1, -0.05) is 17.7 Å². The van der Waals surface area contributed by atoms with Crippen molar-refractivity contribution in [1.29, 1.82) is 0 Å². The van der Waals surface area contributed by atoms with Crippen LogP contribution in [0.4, 0.5) is 10.1 Å². The molecule has 0 saturated carbocycles. The third kappa shape index (κ3) is 2.79. The largest absolute Gasteiger partial charge is 0.378 e. The Balaban J connectivity index is 1.89. The molecule has 2 aromatic rings. The van der Waals surface area contributed by atoms with Gasteiger partial charge in [0.05, 0.1) is 6.04 Å². The summed E-state index contributed by atoms with van der Waals surface area (Å²) >= 11 is 7.94. The summed E-state index contributed by atoms with van der Waals surface area (Å²) in [6.07, 6.45) is 1.01. The summed E-state index contributed by atoms with van der Waals surface area (Å²) in [5.41, 5.74) is 2.68. The second-order valence-electron chi connectivity index (χ2n) is 4.98. The normalized spacial score (nSPS) is 17.6. The summed E-state index contributed by atoms with van der Waals surface area (Å²) in [6, 6.07) is 11.4. The monoisotopic (exact) mass is 307 g/mol. The first-order valence-electron chi connectivity index (χ1n) is 6.58. The molecule has 0 aromatic heterocycles. The number of fused-ring (bicyclic) bond motifs is 1. The third-order valence-corrected chi connectivity index (χ3v) is 4.88. The van der Waals surface area contributed by atoms with Crippen molar-refractivity contribution in [2.24, 2.45) is 0 Å². The summed E-state index contributed by atoms with van der Waals surface area (Å²) in [7, 11) is 0. The van der Waals surface area contributed by atoms with Gasteiger partial charge in [0.25, 0.3) is 0 Å². The Kier molecular flexibility index (Phi) is 3.90. The van der Waals surface area contributed by atoms with E-state index < -0.39 is 0 Å². The SMILES string of the molecule is Cc1ccc(NC2CCSc3ccc(Cl)cc32)cc1F. The van der Waals surface area contributed by atoms with Crippen molar-refractivity contribution in [3.63, 3.8) is 0 Å². The summed E-state index contributed by atoms with van der Waals surface area (Å²) in [5.74, 6) is 0.882. The van der Waals surface area contributed by atoms with Crippen LogP contribution in [0, 0.1) is 12.7 Å². The minimum Gasteiger partial charge on any atom is -0.378 e. The average Bonchev–Trinajstić information content (AvgIpc) is 2.44. The highest BCUT2D eigenvalue weighted by atomic mass is 35.5. The molecular weight excluding hydrogens is 293 g/mol. The molecule has 1 aliphatic heterocycles. The van der Waals surface area contributed by atoms with Crippen LogP contribution < -0.4 is 5.32 Å². The van der Waals surface area contributed by atoms with Crippen molar-refractivity contribution in [3.05, 3.63) is 58.4 Å². The molecule has 1 atom stereocenters. The lowest BCUT2D eigenvalue weighted by Crippen LogP contribution is -2.16. The van der Waals surface area contributed by atoms with Crippen LogP contribution in [0.1, 0.15) is 23.6 Å².